The summed E-state index contributed by atoms with van der Waals surface area (Å²) >= 11 is 0. The maximum absolute atomic E-state index is 12.2. The maximum atomic E-state index is 12.2. The summed E-state index contributed by atoms with van der Waals surface area (Å²) in [6, 6.07) is 0.0862. The van der Waals surface area contributed by atoms with E-state index in [0.29, 0.717) is 5.78 Å². The first kappa shape index (κ1) is 11.6. The van der Waals surface area contributed by atoms with Crippen LogP contribution in [-0.4, -0.2) is 11.8 Å². The highest BCUT2D eigenvalue weighted by Gasteiger charge is 2.24. The smallest absolute Gasteiger partial charge is 0.165 e. The summed E-state index contributed by atoms with van der Waals surface area (Å²) in [5.41, 5.74) is 6.85. The lowest BCUT2D eigenvalue weighted by Crippen LogP contribution is -2.20. The summed E-state index contributed by atoms with van der Waals surface area (Å²) in [6.45, 7) is 0. The number of ketones is 1. The molecule has 2 unspecified atom stereocenters. The SMILES string of the molecule is NC1C=CC(C(=O)/C2=C/CCCCCC2)C1. The molecular weight excluding hydrogens is 198 g/mol. The summed E-state index contributed by atoms with van der Waals surface area (Å²) in [5.74, 6) is 0.381. The molecule has 0 spiro atoms. The molecule has 0 aliphatic heterocycles. The van der Waals surface area contributed by atoms with Crippen molar-refractivity contribution in [2.75, 3.05) is 0 Å². The predicted molar refractivity (Wildman–Crippen MR) is 66.0 cm³/mol. The van der Waals surface area contributed by atoms with Gasteiger partial charge in [-0.05, 0) is 37.7 Å². The van der Waals surface area contributed by atoms with Gasteiger partial charge < -0.3 is 5.73 Å². The van der Waals surface area contributed by atoms with Gasteiger partial charge in [-0.3, -0.25) is 4.79 Å². The molecule has 0 aromatic rings. The Bertz CT molecular complexity index is 317. The largest absolute Gasteiger partial charge is 0.324 e. The van der Waals surface area contributed by atoms with Gasteiger partial charge in [0.05, 0.1) is 0 Å². The highest BCUT2D eigenvalue weighted by Crippen LogP contribution is 2.25. The van der Waals surface area contributed by atoms with Gasteiger partial charge in [0.2, 0.25) is 0 Å². The molecule has 0 fully saturated rings. The Balaban J connectivity index is 1.99. The molecule has 0 aromatic carbocycles. The van der Waals surface area contributed by atoms with E-state index in [9.17, 15) is 4.79 Å². The highest BCUT2D eigenvalue weighted by atomic mass is 16.1. The second-order valence-corrected chi connectivity index (χ2v) is 4.94. The Morgan fingerprint density at radius 2 is 2.00 bits per heavy atom. The van der Waals surface area contributed by atoms with E-state index in [2.05, 4.69) is 6.08 Å². The minimum atomic E-state index is 0.0562. The molecule has 0 bridgehead atoms. The van der Waals surface area contributed by atoms with Crippen LogP contribution in [0.25, 0.3) is 0 Å². The van der Waals surface area contributed by atoms with E-state index in [-0.39, 0.29) is 12.0 Å². The number of hydrogen-bond donors (Lipinski definition) is 1. The summed E-state index contributed by atoms with van der Waals surface area (Å²) in [5, 5.41) is 0. The Hall–Kier alpha value is -0.890. The van der Waals surface area contributed by atoms with Crippen molar-refractivity contribution in [2.45, 2.75) is 51.0 Å². The minimum absolute atomic E-state index is 0.0562. The average Bonchev–Trinajstić information content (AvgIpc) is 2.63. The summed E-state index contributed by atoms with van der Waals surface area (Å²) in [4.78, 5) is 12.2. The predicted octanol–water partition coefficient (Wildman–Crippen LogP) is 2.74. The van der Waals surface area contributed by atoms with Crippen molar-refractivity contribution in [2.24, 2.45) is 11.7 Å². The van der Waals surface area contributed by atoms with E-state index >= 15 is 0 Å². The van der Waals surface area contributed by atoms with Crippen LogP contribution in [0, 0.1) is 5.92 Å². The van der Waals surface area contributed by atoms with Crippen LogP contribution in [0.5, 0.6) is 0 Å². The average molecular weight is 219 g/mol. The van der Waals surface area contributed by atoms with Gasteiger partial charge in [-0.15, -0.1) is 0 Å². The van der Waals surface area contributed by atoms with E-state index in [4.69, 9.17) is 5.73 Å². The number of nitrogens with two attached hydrogens (primary N) is 1. The lowest BCUT2D eigenvalue weighted by atomic mass is 9.90. The Morgan fingerprint density at radius 1 is 1.19 bits per heavy atom. The number of allylic oxidation sites excluding steroid dienone is 3. The zero-order valence-corrected chi connectivity index (χ0v) is 9.82. The third-order valence-corrected chi connectivity index (χ3v) is 3.56. The van der Waals surface area contributed by atoms with Crippen LogP contribution in [0.2, 0.25) is 0 Å². The van der Waals surface area contributed by atoms with Crippen molar-refractivity contribution < 1.29 is 4.79 Å². The fraction of sp³-hybridized carbons (Fsp3) is 0.643. The second kappa shape index (κ2) is 5.44. The van der Waals surface area contributed by atoms with Gasteiger partial charge in [0.15, 0.2) is 5.78 Å². The number of carbonyl (C=O) groups is 1. The van der Waals surface area contributed by atoms with Gasteiger partial charge in [0.25, 0.3) is 0 Å². The first-order chi connectivity index (χ1) is 7.77. The molecule has 2 rings (SSSR count). The number of carbonyl (C=O) groups excluding carboxylic acids is 1. The third kappa shape index (κ3) is 2.82. The Labute approximate surface area is 97.6 Å². The van der Waals surface area contributed by atoms with Crippen LogP contribution in [0.15, 0.2) is 23.8 Å². The molecule has 0 saturated heterocycles. The quantitative estimate of drug-likeness (QED) is 0.726. The van der Waals surface area contributed by atoms with Crippen LogP contribution >= 0.6 is 0 Å². The molecule has 2 aliphatic carbocycles. The van der Waals surface area contributed by atoms with Crippen molar-refractivity contribution in [1.82, 2.24) is 0 Å². The topological polar surface area (TPSA) is 43.1 Å². The van der Waals surface area contributed by atoms with Gasteiger partial charge in [-0.25, -0.2) is 0 Å². The normalized spacial score (nSPS) is 33.9. The molecule has 0 saturated carbocycles. The molecule has 2 N–H and O–H groups in total. The van der Waals surface area contributed by atoms with Crippen LogP contribution < -0.4 is 5.73 Å². The lowest BCUT2D eigenvalue weighted by molar-refractivity contribution is -0.118. The van der Waals surface area contributed by atoms with E-state index in [1.807, 2.05) is 12.2 Å². The third-order valence-electron chi connectivity index (χ3n) is 3.56. The molecule has 0 heterocycles. The monoisotopic (exact) mass is 219 g/mol. The molecule has 16 heavy (non-hydrogen) atoms. The zero-order valence-electron chi connectivity index (χ0n) is 9.82. The van der Waals surface area contributed by atoms with Crippen molar-refractivity contribution in [1.29, 1.82) is 0 Å². The molecule has 0 amide bonds. The molecular formula is C14H21NO. The van der Waals surface area contributed by atoms with Gasteiger partial charge in [-0.2, -0.15) is 0 Å². The first-order valence-electron chi connectivity index (χ1n) is 6.44. The van der Waals surface area contributed by atoms with Gasteiger partial charge in [0, 0.05) is 12.0 Å². The van der Waals surface area contributed by atoms with Crippen molar-refractivity contribution in [3.63, 3.8) is 0 Å². The molecule has 0 radical (unpaired) electrons. The number of Topliss-reactive ketones (excluding diaryl/α,β-unsaturated/α-hetero) is 1. The van der Waals surface area contributed by atoms with E-state index in [0.717, 1.165) is 24.8 Å². The van der Waals surface area contributed by atoms with Gasteiger partial charge >= 0.3 is 0 Å². The van der Waals surface area contributed by atoms with Gasteiger partial charge in [0.1, 0.15) is 0 Å². The zero-order chi connectivity index (χ0) is 11.4. The standard InChI is InChI=1S/C14H21NO/c15-13-9-8-12(10-13)14(16)11-6-4-2-1-3-5-7-11/h6,8-9,12-13H,1-5,7,10,15H2/b11-6+. The fourth-order valence-electron chi connectivity index (χ4n) is 2.58. The summed E-state index contributed by atoms with van der Waals surface area (Å²) < 4.78 is 0. The van der Waals surface area contributed by atoms with Crippen molar-refractivity contribution in [3.8, 4) is 0 Å². The summed E-state index contributed by atoms with van der Waals surface area (Å²) in [7, 11) is 0. The molecule has 2 atom stereocenters. The molecule has 2 heteroatoms. The lowest BCUT2D eigenvalue weighted by Gasteiger charge is -2.14. The van der Waals surface area contributed by atoms with E-state index in [1.54, 1.807) is 0 Å². The summed E-state index contributed by atoms with van der Waals surface area (Å²) in [6.07, 6.45) is 13.9. The maximum Gasteiger partial charge on any atom is 0.165 e. The highest BCUT2D eigenvalue weighted by molar-refractivity contribution is 5.98. The number of rotatable bonds is 2. The Kier molecular flexibility index (Phi) is 3.94. The first-order valence-corrected chi connectivity index (χ1v) is 6.44. The molecule has 88 valence electrons. The van der Waals surface area contributed by atoms with Crippen molar-refractivity contribution >= 4 is 5.78 Å². The van der Waals surface area contributed by atoms with Crippen LogP contribution in [0.1, 0.15) is 44.9 Å². The molecule has 2 aliphatic rings. The molecule has 0 aromatic heterocycles. The van der Waals surface area contributed by atoms with Crippen LogP contribution in [-0.2, 0) is 4.79 Å². The van der Waals surface area contributed by atoms with Crippen molar-refractivity contribution in [3.05, 3.63) is 23.8 Å². The minimum Gasteiger partial charge on any atom is -0.324 e. The molecule has 2 nitrogen and oxygen atoms in total. The van der Waals surface area contributed by atoms with E-state index < -0.39 is 0 Å². The van der Waals surface area contributed by atoms with Gasteiger partial charge in [-0.1, -0.05) is 31.1 Å². The fourth-order valence-corrected chi connectivity index (χ4v) is 2.58. The number of hydrogen-bond acceptors (Lipinski definition) is 2. The van der Waals surface area contributed by atoms with Crippen LogP contribution in [0.4, 0.5) is 0 Å². The van der Waals surface area contributed by atoms with Crippen LogP contribution in [0.3, 0.4) is 0 Å². The van der Waals surface area contributed by atoms with E-state index in [1.165, 1.54) is 25.7 Å². The Morgan fingerprint density at radius 3 is 2.75 bits per heavy atom. The second-order valence-electron chi connectivity index (χ2n) is 4.94.